The molecule has 0 bridgehead atoms. The number of carbonyl (C=O) groups excluding carboxylic acids is 2. The van der Waals surface area contributed by atoms with Gasteiger partial charge in [-0.2, -0.15) is 11.8 Å². The summed E-state index contributed by atoms with van der Waals surface area (Å²) in [6, 6.07) is 0.0418. The van der Waals surface area contributed by atoms with Gasteiger partial charge in [-0.25, -0.2) is 0 Å². The van der Waals surface area contributed by atoms with E-state index in [0.717, 1.165) is 38.1 Å². The van der Waals surface area contributed by atoms with Crippen molar-refractivity contribution in [3.63, 3.8) is 0 Å². The molecule has 0 aromatic carbocycles. The zero-order valence-corrected chi connectivity index (χ0v) is 12.7. The minimum absolute atomic E-state index is 0.0418. The average Bonchev–Trinajstić information content (AvgIpc) is 2.52. The van der Waals surface area contributed by atoms with E-state index < -0.39 is 0 Å². The summed E-state index contributed by atoms with van der Waals surface area (Å²) in [6.45, 7) is 6.03. The number of carbonyl (C=O) groups is 2. The molecule has 1 N–H and O–H groups in total. The van der Waals surface area contributed by atoms with E-state index in [1.807, 2.05) is 16.7 Å². The fourth-order valence-corrected chi connectivity index (χ4v) is 3.88. The summed E-state index contributed by atoms with van der Waals surface area (Å²) in [7, 11) is 0. The standard InChI is InChI=1S/C14H24N2O2S/c1-14(2)10-16(7-8-19-14)13(18)9-11-5-3-4-6-12(17)15-11/h11H,3-10H2,1-2H3,(H,15,17)/t11-/m0/s1. The highest BCUT2D eigenvalue weighted by Gasteiger charge is 2.31. The number of rotatable bonds is 2. The van der Waals surface area contributed by atoms with Crippen LogP contribution in [0.1, 0.15) is 46.0 Å². The Balaban J connectivity index is 1.87. The number of amides is 2. The first-order valence-electron chi connectivity index (χ1n) is 7.17. The molecule has 0 aromatic rings. The van der Waals surface area contributed by atoms with E-state index >= 15 is 0 Å². The molecule has 2 amide bonds. The van der Waals surface area contributed by atoms with Gasteiger partial charge in [-0.1, -0.05) is 6.42 Å². The van der Waals surface area contributed by atoms with Crippen LogP contribution in [0.15, 0.2) is 0 Å². The molecule has 0 spiro atoms. The highest BCUT2D eigenvalue weighted by molar-refractivity contribution is 8.00. The number of nitrogens with zero attached hydrogens (tertiary/aromatic N) is 1. The van der Waals surface area contributed by atoms with Crippen LogP contribution >= 0.6 is 11.8 Å². The summed E-state index contributed by atoms with van der Waals surface area (Å²) in [4.78, 5) is 25.8. The minimum Gasteiger partial charge on any atom is -0.353 e. The average molecular weight is 284 g/mol. The van der Waals surface area contributed by atoms with Gasteiger partial charge in [0.15, 0.2) is 0 Å². The van der Waals surface area contributed by atoms with E-state index in [9.17, 15) is 9.59 Å². The lowest BCUT2D eigenvalue weighted by Crippen LogP contribution is -2.48. The topological polar surface area (TPSA) is 49.4 Å². The molecule has 108 valence electrons. The van der Waals surface area contributed by atoms with Gasteiger partial charge in [-0.15, -0.1) is 0 Å². The van der Waals surface area contributed by atoms with Crippen LogP contribution in [0.5, 0.6) is 0 Å². The van der Waals surface area contributed by atoms with Crippen LogP contribution in [-0.4, -0.2) is 46.3 Å². The predicted octanol–water partition coefficient (Wildman–Crippen LogP) is 1.79. The molecule has 2 fully saturated rings. The van der Waals surface area contributed by atoms with E-state index in [-0.39, 0.29) is 22.6 Å². The van der Waals surface area contributed by atoms with Crippen LogP contribution in [0.2, 0.25) is 0 Å². The molecular weight excluding hydrogens is 260 g/mol. The minimum atomic E-state index is 0.0418. The van der Waals surface area contributed by atoms with Gasteiger partial charge < -0.3 is 10.2 Å². The summed E-state index contributed by atoms with van der Waals surface area (Å²) in [5.41, 5.74) is 0. The molecule has 4 nitrogen and oxygen atoms in total. The Morgan fingerprint density at radius 2 is 2.26 bits per heavy atom. The molecule has 0 unspecified atom stereocenters. The molecule has 0 aromatic heterocycles. The smallest absolute Gasteiger partial charge is 0.224 e. The van der Waals surface area contributed by atoms with Gasteiger partial charge in [0.25, 0.3) is 0 Å². The molecule has 5 heteroatoms. The zero-order chi connectivity index (χ0) is 13.9. The second-order valence-electron chi connectivity index (χ2n) is 6.14. The van der Waals surface area contributed by atoms with Gasteiger partial charge in [0.1, 0.15) is 0 Å². The van der Waals surface area contributed by atoms with Gasteiger partial charge in [0, 0.05) is 42.5 Å². The van der Waals surface area contributed by atoms with Crippen molar-refractivity contribution in [2.24, 2.45) is 0 Å². The predicted molar refractivity (Wildman–Crippen MR) is 78.1 cm³/mol. The van der Waals surface area contributed by atoms with Gasteiger partial charge in [0.05, 0.1) is 0 Å². The lowest BCUT2D eigenvalue weighted by Gasteiger charge is -2.38. The summed E-state index contributed by atoms with van der Waals surface area (Å²) in [5.74, 6) is 1.31. The maximum absolute atomic E-state index is 12.3. The number of nitrogens with one attached hydrogen (secondary N) is 1. The third kappa shape index (κ3) is 4.41. The fourth-order valence-electron chi connectivity index (χ4n) is 2.77. The van der Waals surface area contributed by atoms with Crippen LogP contribution < -0.4 is 5.32 Å². The second kappa shape index (κ2) is 6.16. The van der Waals surface area contributed by atoms with Crippen LogP contribution in [0.4, 0.5) is 0 Å². The molecule has 2 saturated heterocycles. The summed E-state index contributed by atoms with van der Waals surface area (Å²) in [6.07, 6.45) is 4.00. The lowest BCUT2D eigenvalue weighted by atomic mass is 10.1. The first-order valence-corrected chi connectivity index (χ1v) is 8.16. The van der Waals surface area contributed by atoms with Crippen molar-refractivity contribution in [1.29, 1.82) is 0 Å². The molecule has 0 aliphatic carbocycles. The largest absolute Gasteiger partial charge is 0.353 e. The van der Waals surface area contributed by atoms with Crippen molar-refractivity contribution < 1.29 is 9.59 Å². The Labute approximate surface area is 119 Å². The van der Waals surface area contributed by atoms with Crippen molar-refractivity contribution in [1.82, 2.24) is 10.2 Å². The monoisotopic (exact) mass is 284 g/mol. The van der Waals surface area contributed by atoms with Gasteiger partial charge >= 0.3 is 0 Å². The quantitative estimate of drug-likeness (QED) is 0.841. The van der Waals surface area contributed by atoms with E-state index in [0.29, 0.717) is 12.8 Å². The fraction of sp³-hybridized carbons (Fsp3) is 0.857. The van der Waals surface area contributed by atoms with Crippen molar-refractivity contribution in [3.05, 3.63) is 0 Å². The van der Waals surface area contributed by atoms with E-state index in [4.69, 9.17) is 0 Å². The second-order valence-corrected chi connectivity index (χ2v) is 7.94. The summed E-state index contributed by atoms with van der Waals surface area (Å²) in [5, 5.41) is 2.98. The molecule has 2 heterocycles. The van der Waals surface area contributed by atoms with Gasteiger partial charge in [-0.05, 0) is 26.7 Å². The van der Waals surface area contributed by atoms with Crippen molar-refractivity contribution >= 4 is 23.6 Å². The Morgan fingerprint density at radius 1 is 1.47 bits per heavy atom. The highest BCUT2D eigenvalue weighted by Crippen LogP contribution is 2.30. The molecular formula is C14H24N2O2S. The Kier molecular flexibility index (Phi) is 4.76. The zero-order valence-electron chi connectivity index (χ0n) is 11.9. The Morgan fingerprint density at radius 3 is 3.00 bits per heavy atom. The molecule has 0 saturated carbocycles. The molecule has 0 radical (unpaired) electrons. The maximum Gasteiger partial charge on any atom is 0.224 e. The van der Waals surface area contributed by atoms with Crippen molar-refractivity contribution in [2.75, 3.05) is 18.8 Å². The third-order valence-corrected chi connectivity index (χ3v) is 5.07. The normalized spacial score (nSPS) is 27.6. The van der Waals surface area contributed by atoms with Gasteiger partial charge in [0.2, 0.25) is 11.8 Å². The Bertz CT molecular complexity index is 357. The van der Waals surface area contributed by atoms with E-state index in [1.165, 1.54) is 0 Å². The number of hydrogen-bond donors (Lipinski definition) is 1. The van der Waals surface area contributed by atoms with Crippen molar-refractivity contribution in [2.45, 2.75) is 56.7 Å². The third-order valence-electron chi connectivity index (χ3n) is 3.77. The van der Waals surface area contributed by atoms with Crippen LogP contribution in [0.25, 0.3) is 0 Å². The SMILES string of the molecule is CC1(C)CN(C(=O)C[C@@H]2CCCCC(=O)N2)CCS1. The molecule has 19 heavy (non-hydrogen) atoms. The van der Waals surface area contributed by atoms with E-state index in [1.54, 1.807) is 0 Å². The van der Waals surface area contributed by atoms with Crippen LogP contribution in [0.3, 0.4) is 0 Å². The first kappa shape index (κ1) is 14.7. The van der Waals surface area contributed by atoms with Gasteiger partial charge in [-0.3, -0.25) is 9.59 Å². The molecule has 2 aliphatic heterocycles. The van der Waals surface area contributed by atoms with Crippen LogP contribution in [0, 0.1) is 0 Å². The maximum atomic E-state index is 12.3. The number of hydrogen-bond acceptors (Lipinski definition) is 3. The molecule has 2 rings (SSSR count). The number of thioether (sulfide) groups is 1. The summed E-state index contributed by atoms with van der Waals surface area (Å²) < 4.78 is 0.153. The van der Waals surface area contributed by atoms with Crippen molar-refractivity contribution in [3.8, 4) is 0 Å². The molecule has 1 atom stereocenters. The first-order chi connectivity index (χ1) is 8.96. The summed E-state index contributed by atoms with van der Waals surface area (Å²) >= 11 is 1.93. The highest BCUT2D eigenvalue weighted by atomic mass is 32.2. The lowest BCUT2D eigenvalue weighted by molar-refractivity contribution is -0.132. The van der Waals surface area contributed by atoms with Crippen LogP contribution in [-0.2, 0) is 9.59 Å². The molecule has 2 aliphatic rings. The Hall–Kier alpha value is -0.710. The van der Waals surface area contributed by atoms with E-state index in [2.05, 4.69) is 19.2 Å².